The number of phenols is 1. The highest BCUT2D eigenvalue weighted by Crippen LogP contribution is 2.51. The maximum absolute atomic E-state index is 10.9. The Balaban J connectivity index is 1.93. The van der Waals surface area contributed by atoms with Gasteiger partial charge in [0.15, 0.2) is 11.5 Å². The van der Waals surface area contributed by atoms with Gasteiger partial charge in [-0.1, -0.05) is 31.6 Å². The third kappa shape index (κ3) is 5.08. The van der Waals surface area contributed by atoms with E-state index >= 15 is 0 Å². The number of aliphatic hydroxyl groups excluding tert-OH is 3. The Labute approximate surface area is 185 Å². The average molecular weight is 435 g/mol. The fraction of sp³-hybridized carbons (Fsp3) is 0.680. The molecule has 1 aromatic carbocycles. The van der Waals surface area contributed by atoms with Crippen molar-refractivity contribution in [2.45, 2.75) is 96.7 Å². The summed E-state index contributed by atoms with van der Waals surface area (Å²) in [6.45, 7) is 10.4. The first-order chi connectivity index (χ1) is 14.6. The first-order valence-electron chi connectivity index (χ1n) is 11.4. The van der Waals surface area contributed by atoms with Gasteiger partial charge in [-0.15, -0.1) is 0 Å². The predicted octanol–water partition coefficient (Wildman–Crippen LogP) is 3.88. The first-order valence-corrected chi connectivity index (χ1v) is 11.4. The van der Waals surface area contributed by atoms with Gasteiger partial charge >= 0.3 is 0 Å². The molecule has 3 rings (SSSR count). The van der Waals surface area contributed by atoms with E-state index in [-0.39, 0.29) is 18.3 Å². The van der Waals surface area contributed by atoms with Crippen LogP contribution in [-0.2, 0) is 4.74 Å². The van der Waals surface area contributed by atoms with E-state index in [2.05, 4.69) is 39.8 Å². The quantitative estimate of drug-likeness (QED) is 0.507. The minimum atomic E-state index is -1.41. The largest absolute Gasteiger partial charge is 0.504 e. The summed E-state index contributed by atoms with van der Waals surface area (Å²) in [6, 6.07) is 2.08. The molecule has 7 atom stereocenters. The number of fused-ring (bicyclic) bond motifs is 1. The van der Waals surface area contributed by atoms with Crippen LogP contribution in [0, 0.1) is 12.8 Å². The van der Waals surface area contributed by atoms with Crippen LogP contribution in [0.15, 0.2) is 17.7 Å². The molecule has 4 N–H and O–H groups in total. The molecule has 31 heavy (non-hydrogen) atoms. The second kappa shape index (κ2) is 9.90. The molecule has 0 bridgehead atoms. The number of phenolic OH excluding ortho intramolecular Hbond substituents is 1. The standard InChI is InChI=1S/C25H38O6/c1-13(2)7-6-8-14(3)17-10-9-15(4)20-18(17)11-16(5)21(27)24(20)31-25-23(29)22(28)19(26)12-30-25/h7,11,14-15,17,19,22-23,25-29H,6,8-10,12H2,1-5H3/t14-,15-,17-,19-,22-,23-,25+/m0/s1. The minimum absolute atomic E-state index is 0.0415. The molecular weight excluding hydrogens is 396 g/mol. The van der Waals surface area contributed by atoms with Crippen LogP contribution < -0.4 is 4.74 Å². The van der Waals surface area contributed by atoms with Crippen molar-refractivity contribution in [2.24, 2.45) is 5.92 Å². The van der Waals surface area contributed by atoms with E-state index in [1.54, 1.807) is 0 Å². The zero-order chi connectivity index (χ0) is 22.9. The van der Waals surface area contributed by atoms with Crippen molar-refractivity contribution >= 4 is 0 Å². The van der Waals surface area contributed by atoms with Crippen LogP contribution in [0.1, 0.15) is 81.9 Å². The maximum Gasteiger partial charge on any atom is 0.229 e. The molecule has 1 aliphatic carbocycles. The molecule has 0 saturated carbocycles. The minimum Gasteiger partial charge on any atom is -0.504 e. The maximum atomic E-state index is 10.9. The monoisotopic (exact) mass is 434 g/mol. The van der Waals surface area contributed by atoms with Crippen LogP contribution in [0.4, 0.5) is 0 Å². The summed E-state index contributed by atoms with van der Waals surface area (Å²) < 4.78 is 11.5. The summed E-state index contributed by atoms with van der Waals surface area (Å²) in [4.78, 5) is 0. The van der Waals surface area contributed by atoms with Gasteiger partial charge in [0, 0.05) is 5.56 Å². The lowest BCUT2D eigenvalue weighted by Crippen LogP contribution is -2.54. The molecule has 174 valence electrons. The zero-order valence-corrected chi connectivity index (χ0v) is 19.3. The summed E-state index contributed by atoms with van der Waals surface area (Å²) in [5.41, 5.74) is 4.21. The summed E-state index contributed by atoms with van der Waals surface area (Å²) in [6.07, 6.45) is 1.40. The van der Waals surface area contributed by atoms with Crippen molar-refractivity contribution < 1.29 is 29.9 Å². The second-order valence-corrected chi connectivity index (χ2v) is 9.66. The van der Waals surface area contributed by atoms with Gasteiger partial charge in [0.2, 0.25) is 6.29 Å². The van der Waals surface area contributed by atoms with E-state index in [1.807, 2.05) is 6.92 Å². The SMILES string of the molecule is CC(C)=CCC[C@H](C)[C@@H]1CC[C@H](C)c2c1cc(C)c(O)c2O[C@H]1OC[C@H](O)[C@H](O)[C@@H]1O. The predicted molar refractivity (Wildman–Crippen MR) is 119 cm³/mol. The van der Waals surface area contributed by atoms with Crippen LogP contribution >= 0.6 is 0 Å². The molecule has 1 heterocycles. The number of aliphatic hydroxyl groups is 3. The van der Waals surface area contributed by atoms with Gasteiger partial charge in [-0.05, 0) is 75.3 Å². The Morgan fingerprint density at radius 3 is 2.61 bits per heavy atom. The molecule has 2 aliphatic rings. The van der Waals surface area contributed by atoms with Gasteiger partial charge in [0.05, 0.1) is 6.61 Å². The Kier molecular flexibility index (Phi) is 7.68. The summed E-state index contributed by atoms with van der Waals surface area (Å²) in [5, 5.41) is 40.9. The van der Waals surface area contributed by atoms with E-state index in [9.17, 15) is 20.4 Å². The van der Waals surface area contributed by atoms with Gasteiger partial charge in [-0.2, -0.15) is 0 Å². The van der Waals surface area contributed by atoms with E-state index in [0.717, 1.165) is 36.8 Å². The summed E-state index contributed by atoms with van der Waals surface area (Å²) in [5.74, 6) is 1.40. The van der Waals surface area contributed by atoms with Gasteiger partial charge in [0.1, 0.15) is 18.3 Å². The van der Waals surface area contributed by atoms with Gasteiger partial charge in [-0.25, -0.2) is 0 Å². The molecule has 0 aromatic heterocycles. The molecule has 0 amide bonds. The number of hydrogen-bond acceptors (Lipinski definition) is 6. The number of ether oxygens (including phenoxy) is 2. The molecule has 1 fully saturated rings. The highest BCUT2D eigenvalue weighted by atomic mass is 16.7. The van der Waals surface area contributed by atoms with Crippen molar-refractivity contribution in [3.8, 4) is 11.5 Å². The normalized spacial score (nSPS) is 31.6. The molecule has 1 aromatic rings. The Hall–Kier alpha value is -1.60. The number of rotatable bonds is 6. The lowest BCUT2D eigenvalue weighted by atomic mass is 9.70. The molecule has 6 heteroatoms. The fourth-order valence-corrected chi connectivity index (χ4v) is 4.91. The number of benzene rings is 1. The van der Waals surface area contributed by atoms with Crippen molar-refractivity contribution in [1.82, 2.24) is 0 Å². The van der Waals surface area contributed by atoms with Crippen LogP contribution in [0.3, 0.4) is 0 Å². The van der Waals surface area contributed by atoms with E-state index in [0.29, 0.717) is 17.6 Å². The van der Waals surface area contributed by atoms with Crippen molar-refractivity contribution in [2.75, 3.05) is 6.61 Å². The lowest BCUT2D eigenvalue weighted by molar-refractivity contribution is -0.242. The molecule has 1 aliphatic heterocycles. The Morgan fingerprint density at radius 2 is 1.94 bits per heavy atom. The smallest absolute Gasteiger partial charge is 0.229 e. The topological polar surface area (TPSA) is 99.4 Å². The molecule has 0 unspecified atom stereocenters. The molecule has 1 saturated heterocycles. The highest BCUT2D eigenvalue weighted by Gasteiger charge is 2.41. The fourth-order valence-electron chi connectivity index (χ4n) is 4.91. The number of allylic oxidation sites excluding steroid dienone is 2. The lowest BCUT2D eigenvalue weighted by Gasteiger charge is -2.38. The second-order valence-electron chi connectivity index (χ2n) is 9.66. The van der Waals surface area contributed by atoms with Crippen LogP contribution in [0.2, 0.25) is 0 Å². The Bertz CT molecular complexity index is 800. The molecule has 0 spiro atoms. The van der Waals surface area contributed by atoms with Crippen LogP contribution in [0.25, 0.3) is 0 Å². The highest BCUT2D eigenvalue weighted by molar-refractivity contribution is 5.57. The van der Waals surface area contributed by atoms with Crippen LogP contribution in [0.5, 0.6) is 11.5 Å². The molecule has 6 nitrogen and oxygen atoms in total. The third-order valence-corrected chi connectivity index (χ3v) is 6.87. The van der Waals surface area contributed by atoms with Gasteiger partial charge in [0.25, 0.3) is 0 Å². The van der Waals surface area contributed by atoms with Crippen LogP contribution in [-0.4, -0.2) is 51.6 Å². The first kappa shape index (κ1) is 24.1. The number of hydrogen-bond donors (Lipinski definition) is 4. The molecular formula is C25H38O6. The summed E-state index contributed by atoms with van der Waals surface area (Å²) >= 11 is 0. The van der Waals surface area contributed by atoms with Crippen molar-refractivity contribution in [3.05, 3.63) is 34.4 Å². The average Bonchev–Trinajstić information content (AvgIpc) is 2.71. The summed E-state index contributed by atoms with van der Waals surface area (Å²) in [7, 11) is 0. The van der Waals surface area contributed by atoms with E-state index in [4.69, 9.17) is 9.47 Å². The third-order valence-electron chi connectivity index (χ3n) is 6.87. The van der Waals surface area contributed by atoms with E-state index < -0.39 is 24.6 Å². The zero-order valence-electron chi connectivity index (χ0n) is 19.3. The van der Waals surface area contributed by atoms with Crippen molar-refractivity contribution in [3.63, 3.8) is 0 Å². The number of aryl methyl sites for hydroxylation is 1. The number of aromatic hydroxyl groups is 1. The van der Waals surface area contributed by atoms with E-state index in [1.165, 1.54) is 11.1 Å². The molecule has 0 radical (unpaired) electrons. The van der Waals surface area contributed by atoms with Gasteiger partial charge in [-0.3, -0.25) is 0 Å². The Morgan fingerprint density at radius 1 is 1.23 bits per heavy atom. The van der Waals surface area contributed by atoms with Crippen molar-refractivity contribution in [1.29, 1.82) is 0 Å². The van der Waals surface area contributed by atoms with Gasteiger partial charge < -0.3 is 29.9 Å².